The standard InChI is InChI=1S/C25H29N5O3S/c1-16(2)23(17-6-9-20-21(13-17)33-12-4-11-32-20)27-22(31)15-34-25-29-28-24(30(25)19-7-8-19)18-5-3-10-26-14-18/h3,5-6,9-10,13-14,16,19,23H,4,7-8,11-12,15H2,1-2H3,(H,27,31)/t23-/m0/s1. The third kappa shape index (κ3) is 5.04. The van der Waals surface area contributed by atoms with Crippen LogP contribution in [0.3, 0.4) is 0 Å². The summed E-state index contributed by atoms with van der Waals surface area (Å²) in [6.45, 7) is 5.49. The zero-order valence-electron chi connectivity index (χ0n) is 19.4. The first-order valence-corrected chi connectivity index (χ1v) is 12.8. The Hall–Kier alpha value is -3.07. The maximum atomic E-state index is 13.0. The van der Waals surface area contributed by atoms with Gasteiger partial charge in [-0.15, -0.1) is 10.2 Å². The summed E-state index contributed by atoms with van der Waals surface area (Å²) in [5, 5.41) is 12.8. The Morgan fingerprint density at radius 2 is 2.00 bits per heavy atom. The maximum absolute atomic E-state index is 13.0. The molecule has 1 fully saturated rings. The van der Waals surface area contributed by atoms with E-state index in [1.54, 1.807) is 12.4 Å². The highest BCUT2D eigenvalue weighted by Crippen LogP contribution is 2.41. The van der Waals surface area contributed by atoms with E-state index >= 15 is 0 Å². The Balaban J connectivity index is 1.28. The fourth-order valence-corrected chi connectivity index (χ4v) is 4.90. The molecule has 0 unspecified atom stereocenters. The summed E-state index contributed by atoms with van der Waals surface area (Å²) < 4.78 is 13.7. The van der Waals surface area contributed by atoms with Crippen molar-refractivity contribution in [2.75, 3.05) is 19.0 Å². The average molecular weight is 480 g/mol. The third-order valence-electron chi connectivity index (χ3n) is 5.94. The predicted octanol–water partition coefficient (Wildman–Crippen LogP) is 4.44. The summed E-state index contributed by atoms with van der Waals surface area (Å²) in [4.78, 5) is 17.2. The number of pyridine rings is 1. The number of fused-ring (bicyclic) bond motifs is 1. The van der Waals surface area contributed by atoms with E-state index in [9.17, 15) is 4.79 Å². The molecule has 1 aromatic carbocycles. The van der Waals surface area contributed by atoms with Crippen LogP contribution in [-0.4, -0.2) is 44.6 Å². The second-order valence-electron chi connectivity index (χ2n) is 8.98. The fraction of sp³-hybridized carbons (Fsp3) is 0.440. The molecule has 3 aromatic rings. The Bertz CT molecular complexity index is 1150. The summed E-state index contributed by atoms with van der Waals surface area (Å²) in [6.07, 6.45) is 6.61. The second-order valence-corrected chi connectivity index (χ2v) is 9.93. The SMILES string of the molecule is CC(C)[C@H](NC(=O)CSc1nnc(-c2cccnc2)n1C1CC1)c1ccc2c(c1)OCCCO2. The topological polar surface area (TPSA) is 91.2 Å². The Morgan fingerprint density at radius 1 is 1.18 bits per heavy atom. The van der Waals surface area contributed by atoms with E-state index in [0.29, 0.717) is 19.3 Å². The molecule has 1 saturated carbocycles. The van der Waals surface area contributed by atoms with Gasteiger partial charge in [-0.25, -0.2) is 0 Å². The predicted molar refractivity (Wildman–Crippen MR) is 130 cm³/mol. The summed E-state index contributed by atoms with van der Waals surface area (Å²) in [6, 6.07) is 10.1. The van der Waals surface area contributed by atoms with Crippen molar-refractivity contribution in [3.63, 3.8) is 0 Å². The van der Waals surface area contributed by atoms with Crippen LogP contribution in [0.2, 0.25) is 0 Å². The maximum Gasteiger partial charge on any atom is 0.230 e. The van der Waals surface area contributed by atoms with Crippen molar-refractivity contribution in [2.45, 2.75) is 50.4 Å². The summed E-state index contributed by atoms with van der Waals surface area (Å²) in [5.74, 6) is 2.76. The third-order valence-corrected chi connectivity index (χ3v) is 6.89. The van der Waals surface area contributed by atoms with Crippen LogP contribution in [0.25, 0.3) is 11.4 Å². The first-order chi connectivity index (χ1) is 16.6. The molecule has 0 spiro atoms. The number of carbonyl (C=O) groups is 1. The van der Waals surface area contributed by atoms with Gasteiger partial charge in [-0.1, -0.05) is 31.7 Å². The van der Waals surface area contributed by atoms with Gasteiger partial charge >= 0.3 is 0 Å². The van der Waals surface area contributed by atoms with Gasteiger partial charge in [0.2, 0.25) is 5.91 Å². The molecule has 0 radical (unpaired) electrons. The highest BCUT2D eigenvalue weighted by molar-refractivity contribution is 7.99. The van der Waals surface area contributed by atoms with E-state index in [0.717, 1.165) is 52.9 Å². The summed E-state index contributed by atoms with van der Waals surface area (Å²) >= 11 is 1.43. The van der Waals surface area contributed by atoms with Crippen LogP contribution in [0.15, 0.2) is 47.9 Å². The number of hydrogen-bond donors (Lipinski definition) is 1. The fourth-order valence-electron chi connectivity index (χ4n) is 4.08. The van der Waals surface area contributed by atoms with Crippen molar-refractivity contribution < 1.29 is 14.3 Å². The Kier molecular flexibility index (Phi) is 6.71. The molecule has 1 N–H and O–H groups in total. The molecule has 3 heterocycles. The first kappa shape index (κ1) is 22.7. The largest absolute Gasteiger partial charge is 0.490 e. The highest BCUT2D eigenvalue weighted by Gasteiger charge is 2.30. The van der Waals surface area contributed by atoms with E-state index < -0.39 is 0 Å². The van der Waals surface area contributed by atoms with Crippen LogP contribution in [0.5, 0.6) is 11.5 Å². The van der Waals surface area contributed by atoms with Crippen LogP contribution in [0.1, 0.15) is 50.8 Å². The molecule has 0 saturated heterocycles. The van der Waals surface area contributed by atoms with E-state index in [1.165, 1.54) is 11.8 Å². The van der Waals surface area contributed by atoms with Gasteiger partial charge in [-0.2, -0.15) is 0 Å². The van der Waals surface area contributed by atoms with Gasteiger partial charge in [0.1, 0.15) is 0 Å². The lowest BCUT2D eigenvalue weighted by Gasteiger charge is -2.24. The van der Waals surface area contributed by atoms with Gasteiger partial charge < -0.3 is 14.8 Å². The summed E-state index contributed by atoms with van der Waals surface area (Å²) in [7, 11) is 0. The van der Waals surface area contributed by atoms with Gasteiger partial charge in [0, 0.05) is 30.4 Å². The number of thioether (sulfide) groups is 1. The molecule has 1 amide bonds. The van der Waals surface area contributed by atoms with Crippen molar-refractivity contribution in [1.82, 2.24) is 25.1 Å². The molecule has 5 rings (SSSR count). The Labute approximate surface area is 203 Å². The van der Waals surface area contributed by atoms with Gasteiger partial charge in [-0.3, -0.25) is 14.3 Å². The van der Waals surface area contributed by atoms with Gasteiger partial charge in [0.25, 0.3) is 0 Å². The highest BCUT2D eigenvalue weighted by atomic mass is 32.2. The van der Waals surface area contributed by atoms with E-state index in [4.69, 9.17) is 9.47 Å². The molecule has 1 aliphatic heterocycles. The minimum absolute atomic E-state index is 0.0379. The molecule has 8 nitrogen and oxygen atoms in total. The van der Waals surface area contributed by atoms with Crippen molar-refractivity contribution >= 4 is 17.7 Å². The van der Waals surface area contributed by atoms with Gasteiger partial charge in [0.05, 0.1) is 25.0 Å². The van der Waals surface area contributed by atoms with Gasteiger partial charge in [0.15, 0.2) is 22.5 Å². The van der Waals surface area contributed by atoms with E-state index in [-0.39, 0.29) is 23.6 Å². The average Bonchev–Trinajstić information content (AvgIpc) is 3.64. The number of amides is 1. The van der Waals surface area contributed by atoms with Crippen molar-refractivity contribution in [3.8, 4) is 22.9 Å². The zero-order valence-corrected chi connectivity index (χ0v) is 20.3. The lowest BCUT2D eigenvalue weighted by atomic mass is 9.95. The minimum atomic E-state index is -0.127. The van der Waals surface area contributed by atoms with Crippen LogP contribution in [0, 0.1) is 5.92 Å². The molecule has 9 heteroatoms. The number of hydrogen-bond acceptors (Lipinski definition) is 7. The molecule has 178 valence electrons. The molecule has 1 atom stereocenters. The number of carbonyl (C=O) groups excluding carboxylic acids is 1. The second kappa shape index (κ2) is 10.0. The minimum Gasteiger partial charge on any atom is -0.490 e. The molecule has 2 aromatic heterocycles. The van der Waals surface area contributed by atoms with Crippen molar-refractivity contribution in [3.05, 3.63) is 48.3 Å². The van der Waals surface area contributed by atoms with E-state index in [1.807, 2.05) is 30.3 Å². The van der Waals surface area contributed by atoms with Crippen molar-refractivity contribution in [1.29, 1.82) is 0 Å². The lowest BCUT2D eigenvalue weighted by Crippen LogP contribution is -2.33. The number of aromatic nitrogens is 4. The van der Waals surface area contributed by atoms with Crippen LogP contribution in [-0.2, 0) is 4.79 Å². The first-order valence-electron chi connectivity index (χ1n) is 11.8. The number of rotatable bonds is 8. The smallest absolute Gasteiger partial charge is 0.230 e. The van der Waals surface area contributed by atoms with Gasteiger partial charge in [-0.05, 0) is 48.6 Å². The summed E-state index contributed by atoms with van der Waals surface area (Å²) in [5.41, 5.74) is 1.95. The molecule has 34 heavy (non-hydrogen) atoms. The number of nitrogens with one attached hydrogen (secondary N) is 1. The normalized spacial score (nSPS) is 16.2. The molecule has 0 bridgehead atoms. The Morgan fingerprint density at radius 3 is 2.74 bits per heavy atom. The molecular formula is C25H29N5O3S. The monoisotopic (exact) mass is 479 g/mol. The quantitative estimate of drug-likeness (QED) is 0.478. The molecular weight excluding hydrogens is 450 g/mol. The lowest BCUT2D eigenvalue weighted by molar-refractivity contribution is -0.119. The number of ether oxygens (including phenoxy) is 2. The molecule has 2 aliphatic rings. The zero-order chi connectivity index (χ0) is 23.5. The van der Waals surface area contributed by atoms with Crippen LogP contribution < -0.4 is 14.8 Å². The number of nitrogens with zero attached hydrogens (tertiary/aromatic N) is 4. The number of benzene rings is 1. The van der Waals surface area contributed by atoms with Crippen molar-refractivity contribution in [2.24, 2.45) is 5.92 Å². The van der Waals surface area contributed by atoms with Crippen LogP contribution >= 0.6 is 11.8 Å². The molecule has 1 aliphatic carbocycles. The van der Waals surface area contributed by atoms with E-state index in [2.05, 4.69) is 38.9 Å². The van der Waals surface area contributed by atoms with Crippen LogP contribution in [0.4, 0.5) is 0 Å².